The summed E-state index contributed by atoms with van der Waals surface area (Å²) in [4.78, 5) is 0. The minimum atomic E-state index is 1.22. The molecule has 0 spiro atoms. The second kappa shape index (κ2) is 9.91. The lowest BCUT2D eigenvalue weighted by atomic mass is 9.84. The first kappa shape index (κ1) is 25.3. The van der Waals surface area contributed by atoms with Gasteiger partial charge in [-0.2, -0.15) is 0 Å². The topological polar surface area (TPSA) is 0 Å². The lowest BCUT2D eigenvalue weighted by molar-refractivity contribution is 1.50. The maximum Gasteiger partial charge on any atom is 0.0355 e. The first-order chi connectivity index (χ1) is 21.7. The molecule has 0 unspecified atom stereocenters. The first-order valence-corrected chi connectivity index (χ1v) is 16.0. The summed E-state index contributed by atoms with van der Waals surface area (Å²) in [5.74, 6) is 0. The summed E-state index contributed by atoms with van der Waals surface area (Å²) in [6.45, 7) is 2.15. The Bertz CT molecular complexity index is 2560. The third kappa shape index (κ3) is 3.90. The van der Waals surface area contributed by atoms with Crippen LogP contribution in [-0.2, 0) is 0 Å². The van der Waals surface area contributed by atoms with E-state index in [0.717, 1.165) is 0 Å². The van der Waals surface area contributed by atoms with Crippen LogP contribution in [0, 0.1) is 6.92 Å². The molecule has 9 aromatic rings. The summed E-state index contributed by atoms with van der Waals surface area (Å²) in [5.41, 5.74) is 6.38. The van der Waals surface area contributed by atoms with Gasteiger partial charge in [0.05, 0.1) is 0 Å². The van der Waals surface area contributed by atoms with E-state index >= 15 is 0 Å². The molecule has 0 aliphatic heterocycles. The molecule has 0 aliphatic rings. The van der Waals surface area contributed by atoms with Crippen molar-refractivity contribution in [3.8, 4) is 22.3 Å². The van der Waals surface area contributed by atoms with Crippen molar-refractivity contribution in [2.75, 3.05) is 0 Å². The van der Waals surface area contributed by atoms with Crippen molar-refractivity contribution in [1.29, 1.82) is 0 Å². The highest BCUT2D eigenvalue weighted by molar-refractivity contribution is 7.25. The van der Waals surface area contributed by atoms with Crippen molar-refractivity contribution in [3.05, 3.63) is 157 Å². The molecule has 0 amide bonds. The lowest BCUT2D eigenvalue weighted by Gasteiger charge is -2.19. The molecule has 1 heterocycles. The lowest BCUT2D eigenvalue weighted by Crippen LogP contribution is -1.92. The van der Waals surface area contributed by atoms with Crippen LogP contribution in [0.3, 0.4) is 0 Å². The molecule has 0 nitrogen and oxygen atoms in total. The molecule has 9 rings (SSSR count). The molecule has 1 heteroatoms. The Morgan fingerprint density at radius 2 is 1.05 bits per heavy atom. The second-order valence-corrected chi connectivity index (χ2v) is 12.8. The summed E-state index contributed by atoms with van der Waals surface area (Å²) >= 11 is 1.87. The van der Waals surface area contributed by atoms with Crippen LogP contribution in [0.1, 0.15) is 5.56 Å². The minimum Gasteiger partial charge on any atom is -0.135 e. The van der Waals surface area contributed by atoms with Crippen molar-refractivity contribution >= 4 is 74.6 Å². The van der Waals surface area contributed by atoms with E-state index in [1.165, 1.54) is 91.1 Å². The van der Waals surface area contributed by atoms with Crippen LogP contribution in [0.2, 0.25) is 0 Å². The zero-order valence-corrected chi connectivity index (χ0v) is 25.2. The fourth-order valence-corrected chi connectivity index (χ4v) is 8.14. The van der Waals surface area contributed by atoms with E-state index in [4.69, 9.17) is 0 Å². The smallest absolute Gasteiger partial charge is 0.0355 e. The van der Waals surface area contributed by atoms with E-state index in [1.807, 2.05) is 11.3 Å². The maximum absolute atomic E-state index is 2.41. The molecule has 0 N–H and O–H groups in total. The standard InChI is InChI=1S/C43H28S/c1-27-9-8-10-28-18-22-31-37(23-20-29(19-17-27)38(31)25-28)43-35-14-4-2-12-33(35)42(34-13-3-5-15-36(34)43)30-21-24-41-39(26-30)32-11-6-7-16-40(32)44-41/h2-26H,1H3. The number of fused-ring (bicyclic) bond motifs is 6. The Morgan fingerprint density at radius 1 is 0.386 bits per heavy atom. The number of benzene rings is 7. The number of aryl methyl sites for hydroxylation is 1. The monoisotopic (exact) mass is 576 g/mol. The van der Waals surface area contributed by atoms with Crippen molar-refractivity contribution < 1.29 is 0 Å². The van der Waals surface area contributed by atoms with Crippen molar-refractivity contribution in [3.63, 3.8) is 0 Å². The van der Waals surface area contributed by atoms with Crippen molar-refractivity contribution in [2.45, 2.75) is 6.92 Å². The van der Waals surface area contributed by atoms with E-state index in [1.54, 1.807) is 0 Å². The SMILES string of the molecule is Cc1cccc2ccc3c(-c4c5ccccc5c(-c5ccc6sc7ccccc7c6c5)c5ccccc45)ccc(cc1)c3c2. The Balaban J connectivity index is 1.39. The van der Waals surface area contributed by atoms with Crippen LogP contribution >= 0.6 is 11.3 Å². The zero-order valence-electron chi connectivity index (χ0n) is 24.3. The predicted molar refractivity (Wildman–Crippen MR) is 194 cm³/mol. The average Bonchev–Trinajstić information content (AvgIpc) is 3.44. The van der Waals surface area contributed by atoms with Gasteiger partial charge in [0.25, 0.3) is 0 Å². The molecule has 0 fully saturated rings. The molecule has 44 heavy (non-hydrogen) atoms. The zero-order chi connectivity index (χ0) is 29.2. The number of hydrogen-bond acceptors (Lipinski definition) is 1. The van der Waals surface area contributed by atoms with Crippen LogP contribution in [-0.4, -0.2) is 0 Å². The van der Waals surface area contributed by atoms with Gasteiger partial charge in [-0.05, 0) is 96.5 Å². The van der Waals surface area contributed by atoms with Gasteiger partial charge < -0.3 is 0 Å². The summed E-state index contributed by atoms with van der Waals surface area (Å²) in [6, 6.07) is 56.3. The van der Waals surface area contributed by atoms with Gasteiger partial charge in [0.2, 0.25) is 0 Å². The van der Waals surface area contributed by atoms with E-state index in [9.17, 15) is 0 Å². The summed E-state index contributed by atoms with van der Waals surface area (Å²) < 4.78 is 2.67. The van der Waals surface area contributed by atoms with Gasteiger partial charge in [-0.3, -0.25) is 0 Å². The fourth-order valence-electron chi connectivity index (χ4n) is 7.05. The van der Waals surface area contributed by atoms with Gasteiger partial charge in [-0.1, -0.05) is 133 Å². The molecule has 1 aromatic heterocycles. The number of hydrogen-bond donors (Lipinski definition) is 0. The minimum absolute atomic E-state index is 1.22. The van der Waals surface area contributed by atoms with Gasteiger partial charge in [0, 0.05) is 20.2 Å². The van der Waals surface area contributed by atoms with Crippen LogP contribution in [0.4, 0.5) is 0 Å². The third-order valence-electron chi connectivity index (χ3n) is 9.11. The van der Waals surface area contributed by atoms with Gasteiger partial charge >= 0.3 is 0 Å². The Labute approximate surface area is 260 Å². The Hall–Kier alpha value is -5.24. The van der Waals surface area contributed by atoms with Gasteiger partial charge in [0.1, 0.15) is 0 Å². The predicted octanol–water partition coefficient (Wildman–Crippen LogP) is 12.9. The van der Waals surface area contributed by atoms with E-state index in [-0.39, 0.29) is 0 Å². The molecule has 8 aromatic carbocycles. The van der Waals surface area contributed by atoms with Crippen molar-refractivity contribution in [1.82, 2.24) is 0 Å². The van der Waals surface area contributed by atoms with Crippen LogP contribution in [0.15, 0.2) is 152 Å². The Morgan fingerprint density at radius 3 is 1.82 bits per heavy atom. The molecule has 206 valence electrons. The van der Waals surface area contributed by atoms with E-state index < -0.39 is 0 Å². The molecule has 0 atom stereocenters. The van der Waals surface area contributed by atoms with Crippen LogP contribution in [0.5, 0.6) is 0 Å². The van der Waals surface area contributed by atoms with Gasteiger partial charge in [-0.15, -0.1) is 11.3 Å². The fraction of sp³-hybridized carbons (Fsp3) is 0.0233. The highest BCUT2D eigenvalue weighted by Crippen LogP contribution is 2.47. The summed E-state index contributed by atoms with van der Waals surface area (Å²) in [6.07, 6.45) is 0. The molecule has 0 saturated heterocycles. The van der Waals surface area contributed by atoms with E-state index in [2.05, 4.69) is 159 Å². The normalized spacial score (nSPS) is 11.8. The molecular formula is C43H28S. The maximum atomic E-state index is 2.41. The Kier molecular flexibility index (Phi) is 5.69. The summed E-state index contributed by atoms with van der Waals surface area (Å²) in [5, 5.41) is 12.8. The van der Waals surface area contributed by atoms with Gasteiger partial charge in [-0.25, -0.2) is 0 Å². The second-order valence-electron chi connectivity index (χ2n) is 11.8. The largest absolute Gasteiger partial charge is 0.135 e. The molecule has 0 aliphatic carbocycles. The summed E-state index contributed by atoms with van der Waals surface area (Å²) in [7, 11) is 0. The van der Waals surface area contributed by atoms with E-state index in [0.29, 0.717) is 0 Å². The molecule has 0 saturated carbocycles. The third-order valence-corrected chi connectivity index (χ3v) is 10.3. The van der Waals surface area contributed by atoms with Gasteiger partial charge in [0.15, 0.2) is 0 Å². The highest BCUT2D eigenvalue weighted by Gasteiger charge is 2.19. The molecule has 0 radical (unpaired) electrons. The quantitative estimate of drug-likeness (QED) is 0.180. The highest BCUT2D eigenvalue weighted by atomic mass is 32.1. The first-order valence-electron chi connectivity index (χ1n) is 15.2. The number of rotatable bonds is 2. The van der Waals surface area contributed by atoms with Crippen LogP contribution in [0.25, 0.3) is 85.5 Å². The average molecular weight is 577 g/mol. The van der Waals surface area contributed by atoms with Crippen LogP contribution < -0.4 is 0 Å². The molecule has 2 bridgehead atoms. The number of thiophene rings is 1. The van der Waals surface area contributed by atoms with Crippen molar-refractivity contribution in [2.24, 2.45) is 0 Å². The molecular weight excluding hydrogens is 549 g/mol.